The minimum atomic E-state index is -0.130. The topological polar surface area (TPSA) is 58.7 Å². The molecule has 0 saturated carbocycles. The van der Waals surface area contributed by atoms with Crippen LogP contribution in [0.5, 0.6) is 0 Å². The summed E-state index contributed by atoms with van der Waals surface area (Å²) in [5, 5.41) is 9.16. The van der Waals surface area contributed by atoms with E-state index < -0.39 is 0 Å². The van der Waals surface area contributed by atoms with Crippen molar-refractivity contribution in [1.82, 2.24) is 0 Å². The second kappa shape index (κ2) is 5.25. The monoisotopic (exact) mass is 300 g/mol. The van der Waals surface area contributed by atoms with Crippen LogP contribution in [0.1, 0.15) is 6.92 Å². The Balaban J connectivity index is 2.24. The van der Waals surface area contributed by atoms with E-state index in [1.807, 2.05) is 18.2 Å². The van der Waals surface area contributed by atoms with Gasteiger partial charge in [0.25, 0.3) is 0 Å². The second-order valence-corrected chi connectivity index (χ2v) is 5.26. The summed E-state index contributed by atoms with van der Waals surface area (Å²) in [6, 6.07) is 6.13. The van der Waals surface area contributed by atoms with Crippen LogP contribution in [0.25, 0.3) is 0 Å². The van der Waals surface area contributed by atoms with E-state index in [1.54, 1.807) is 0 Å². The summed E-state index contributed by atoms with van der Waals surface area (Å²) >= 11 is 3.40. The second-order valence-electron chi connectivity index (χ2n) is 4.34. The fraction of sp³-hybridized carbons (Fsp3) is 0.500. The van der Waals surface area contributed by atoms with Gasteiger partial charge in [0.2, 0.25) is 0 Å². The number of hydrogen-bond donors (Lipinski definition) is 2. The fourth-order valence-electron chi connectivity index (χ4n) is 2.05. The molecule has 0 aliphatic carbocycles. The Hall–Kier alpha value is -0.780. The van der Waals surface area contributed by atoms with Crippen molar-refractivity contribution in [2.24, 2.45) is 0 Å². The fourth-order valence-corrected chi connectivity index (χ4v) is 2.43. The number of nitrogens with zero attached hydrogens (tertiary/aromatic N) is 1. The van der Waals surface area contributed by atoms with Crippen LogP contribution in [-0.2, 0) is 4.74 Å². The third-order valence-electron chi connectivity index (χ3n) is 3.01. The minimum Gasteiger partial charge on any atom is -0.397 e. The van der Waals surface area contributed by atoms with Crippen LogP contribution in [-0.4, -0.2) is 37.0 Å². The molecule has 0 amide bonds. The van der Waals surface area contributed by atoms with E-state index in [9.17, 15) is 0 Å². The van der Waals surface area contributed by atoms with Gasteiger partial charge in [-0.3, -0.25) is 0 Å². The van der Waals surface area contributed by atoms with Gasteiger partial charge in [-0.15, -0.1) is 0 Å². The van der Waals surface area contributed by atoms with Crippen molar-refractivity contribution in [3.05, 3.63) is 22.7 Å². The van der Waals surface area contributed by atoms with Gasteiger partial charge in [-0.25, -0.2) is 0 Å². The average Bonchev–Trinajstić information content (AvgIpc) is 2.30. The third-order valence-corrected chi connectivity index (χ3v) is 3.50. The molecule has 1 fully saturated rings. The first-order valence-corrected chi connectivity index (χ1v) is 6.45. The van der Waals surface area contributed by atoms with E-state index in [0.717, 1.165) is 15.8 Å². The Bertz CT molecular complexity index is 400. The van der Waals surface area contributed by atoms with Crippen molar-refractivity contribution in [3.63, 3.8) is 0 Å². The molecule has 1 saturated heterocycles. The largest absolute Gasteiger partial charge is 0.397 e. The van der Waals surface area contributed by atoms with Crippen molar-refractivity contribution in [3.8, 4) is 0 Å². The molecule has 1 aliphatic heterocycles. The minimum absolute atomic E-state index is 0.0413. The number of nitrogens with two attached hydrogens (primary N) is 1. The van der Waals surface area contributed by atoms with Crippen LogP contribution in [0.3, 0.4) is 0 Å². The molecular formula is C12H17BrN2O2. The molecule has 3 N–H and O–H groups in total. The Labute approximate surface area is 109 Å². The van der Waals surface area contributed by atoms with Crippen molar-refractivity contribution < 1.29 is 9.84 Å². The molecule has 2 atom stereocenters. The quantitative estimate of drug-likeness (QED) is 0.815. The number of rotatable bonds is 2. The number of morpholine rings is 1. The van der Waals surface area contributed by atoms with Crippen molar-refractivity contribution in [2.45, 2.75) is 19.1 Å². The molecule has 4 nitrogen and oxygen atoms in total. The van der Waals surface area contributed by atoms with Crippen molar-refractivity contribution in [2.75, 3.05) is 30.4 Å². The highest BCUT2D eigenvalue weighted by Gasteiger charge is 2.26. The molecule has 0 spiro atoms. The lowest BCUT2D eigenvalue weighted by Gasteiger charge is -2.39. The number of ether oxygens (including phenoxy) is 1. The molecule has 0 radical (unpaired) electrons. The van der Waals surface area contributed by atoms with E-state index in [-0.39, 0.29) is 18.8 Å². The standard InChI is InChI=1S/C12H17BrN2O2/c1-8-7-17-10(6-16)5-15(8)12-3-2-9(13)4-11(12)14/h2-4,8,10,16H,5-7,14H2,1H3. The number of halogens is 1. The molecule has 1 aliphatic rings. The van der Waals surface area contributed by atoms with Gasteiger partial charge in [-0.2, -0.15) is 0 Å². The average molecular weight is 301 g/mol. The van der Waals surface area contributed by atoms with E-state index >= 15 is 0 Å². The van der Waals surface area contributed by atoms with Crippen LogP contribution < -0.4 is 10.6 Å². The zero-order valence-corrected chi connectivity index (χ0v) is 11.4. The van der Waals surface area contributed by atoms with Crippen LogP contribution in [0, 0.1) is 0 Å². The van der Waals surface area contributed by atoms with Gasteiger partial charge < -0.3 is 20.5 Å². The predicted octanol–water partition coefficient (Wildman–Crippen LogP) is 1.62. The highest BCUT2D eigenvalue weighted by atomic mass is 79.9. The summed E-state index contributed by atoms with van der Waals surface area (Å²) in [6.07, 6.45) is -0.130. The first-order valence-electron chi connectivity index (χ1n) is 5.66. The Kier molecular flexibility index (Phi) is 3.91. The number of hydrogen-bond acceptors (Lipinski definition) is 4. The van der Waals surface area contributed by atoms with Gasteiger partial charge in [0.1, 0.15) is 0 Å². The highest BCUT2D eigenvalue weighted by molar-refractivity contribution is 9.10. The van der Waals surface area contributed by atoms with Gasteiger partial charge in [0, 0.05) is 17.1 Å². The Morgan fingerprint density at radius 3 is 3.00 bits per heavy atom. The van der Waals surface area contributed by atoms with Crippen LogP contribution in [0.4, 0.5) is 11.4 Å². The molecule has 0 aromatic heterocycles. The van der Waals surface area contributed by atoms with E-state index in [4.69, 9.17) is 15.6 Å². The molecule has 1 aromatic carbocycles. The van der Waals surface area contributed by atoms with Crippen LogP contribution in [0.2, 0.25) is 0 Å². The maximum Gasteiger partial charge on any atom is 0.0981 e. The molecule has 1 heterocycles. The van der Waals surface area contributed by atoms with Crippen molar-refractivity contribution >= 4 is 27.3 Å². The van der Waals surface area contributed by atoms with Crippen LogP contribution in [0.15, 0.2) is 22.7 Å². The number of anilines is 2. The SMILES string of the molecule is CC1COC(CO)CN1c1ccc(Br)cc1N. The molecular weight excluding hydrogens is 284 g/mol. The van der Waals surface area contributed by atoms with Gasteiger partial charge in [-0.1, -0.05) is 15.9 Å². The van der Waals surface area contributed by atoms with Gasteiger partial charge >= 0.3 is 0 Å². The maximum atomic E-state index is 9.16. The predicted molar refractivity (Wildman–Crippen MR) is 72.2 cm³/mol. The zero-order valence-electron chi connectivity index (χ0n) is 9.77. The number of aliphatic hydroxyl groups excluding tert-OH is 1. The van der Waals surface area contributed by atoms with Crippen molar-refractivity contribution in [1.29, 1.82) is 0 Å². The van der Waals surface area contributed by atoms with Gasteiger partial charge in [0.05, 0.1) is 30.7 Å². The summed E-state index contributed by atoms with van der Waals surface area (Å²) in [4.78, 5) is 2.19. The molecule has 0 bridgehead atoms. The molecule has 2 rings (SSSR count). The van der Waals surface area contributed by atoms with Gasteiger partial charge in [-0.05, 0) is 25.1 Å². The molecule has 94 valence electrons. The van der Waals surface area contributed by atoms with E-state index in [0.29, 0.717) is 13.2 Å². The summed E-state index contributed by atoms with van der Waals surface area (Å²) in [5.74, 6) is 0. The lowest BCUT2D eigenvalue weighted by Crippen LogP contribution is -2.49. The maximum absolute atomic E-state index is 9.16. The lowest BCUT2D eigenvalue weighted by atomic mass is 10.1. The van der Waals surface area contributed by atoms with E-state index in [1.165, 1.54) is 0 Å². The smallest absolute Gasteiger partial charge is 0.0981 e. The summed E-state index contributed by atoms with van der Waals surface area (Å²) < 4.78 is 6.48. The van der Waals surface area contributed by atoms with E-state index in [2.05, 4.69) is 27.8 Å². The first kappa shape index (κ1) is 12.7. The molecule has 2 unspecified atom stereocenters. The number of benzene rings is 1. The third kappa shape index (κ3) is 2.73. The van der Waals surface area contributed by atoms with Crippen LogP contribution >= 0.6 is 15.9 Å². The molecule has 5 heteroatoms. The zero-order chi connectivity index (χ0) is 12.4. The summed E-state index contributed by atoms with van der Waals surface area (Å²) in [6.45, 7) is 3.42. The molecule has 17 heavy (non-hydrogen) atoms. The number of nitrogen functional groups attached to an aromatic ring is 1. The van der Waals surface area contributed by atoms with Gasteiger partial charge in [0.15, 0.2) is 0 Å². The molecule has 1 aromatic rings. The summed E-state index contributed by atoms with van der Waals surface area (Å²) in [7, 11) is 0. The first-order chi connectivity index (χ1) is 8.11. The Morgan fingerprint density at radius 1 is 1.59 bits per heavy atom. The number of aliphatic hydroxyl groups is 1. The normalized spacial score (nSPS) is 25.0. The lowest BCUT2D eigenvalue weighted by molar-refractivity contribution is -0.0102. The summed E-state index contributed by atoms with van der Waals surface area (Å²) in [5.41, 5.74) is 7.77. The Morgan fingerprint density at radius 2 is 2.35 bits per heavy atom. The highest BCUT2D eigenvalue weighted by Crippen LogP contribution is 2.30.